The molecule has 0 rings (SSSR count). The van der Waals surface area contributed by atoms with Gasteiger partial charge in [0.1, 0.15) is 0 Å². The van der Waals surface area contributed by atoms with E-state index >= 15 is 0 Å². The second-order valence-electron chi connectivity index (χ2n) is 4.15. The molecule has 0 unspecified atom stereocenters. The normalized spacial score (nSPS) is 13.8. The molecule has 104 valence electrons. The molecular formula is C10H19N3O5. The smallest absolute Gasteiger partial charge is 0.334 e. The number of carbonyl (C=O) groups is 3. The zero-order chi connectivity index (χ0) is 14.3. The zero-order valence-electron chi connectivity index (χ0n) is 10.3. The molecule has 6 N–H and O–H groups in total. The largest absolute Gasteiger partial charge is 0.479 e. The van der Waals surface area contributed by atoms with Crippen molar-refractivity contribution in [2.75, 3.05) is 13.1 Å². The summed E-state index contributed by atoms with van der Waals surface area (Å²) in [6, 6.07) is -0.706. The number of carbonyl (C=O) groups excluding carboxylic acids is 2. The van der Waals surface area contributed by atoms with Crippen molar-refractivity contribution in [3.05, 3.63) is 0 Å². The molecule has 8 nitrogen and oxygen atoms in total. The van der Waals surface area contributed by atoms with Crippen LogP contribution >= 0.6 is 0 Å². The van der Waals surface area contributed by atoms with Crippen molar-refractivity contribution >= 4 is 17.8 Å². The van der Waals surface area contributed by atoms with Gasteiger partial charge in [0.2, 0.25) is 11.8 Å². The summed E-state index contributed by atoms with van der Waals surface area (Å²) < 4.78 is 0. The zero-order valence-corrected chi connectivity index (χ0v) is 10.3. The summed E-state index contributed by atoms with van der Waals surface area (Å²) >= 11 is 0. The van der Waals surface area contributed by atoms with Crippen LogP contribution in [0.1, 0.15) is 13.8 Å². The summed E-state index contributed by atoms with van der Waals surface area (Å²) in [4.78, 5) is 32.8. The number of nitrogens with two attached hydrogens (primary N) is 1. The molecule has 0 bridgehead atoms. The van der Waals surface area contributed by atoms with E-state index in [1.165, 1.54) is 0 Å². The van der Waals surface area contributed by atoms with Gasteiger partial charge >= 0.3 is 5.97 Å². The summed E-state index contributed by atoms with van der Waals surface area (Å²) in [7, 11) is 0. The van der Waals surface area contributed by atoms with Gasteiger partial charge in [0.05, 0.1) is 19.1 Å². The predicted molar refractivity (Wildman–Crippen MR) is 62.5 cm³/mol. The van der Waals surface area contributed by atoms with Crippen LogP contribution in [-0.2, 0) is 14.4 Å². The Bertz CT molecular complexity index is 319. The SMILES string of the molecule is CC(C)[C@H](N)C(=O)NCC(=O)NC[C@H](O)C(=O)O. The molecule has 0 aromatic rings. The molecule has 0 spiro atoms. The van der Waals surface area contributed by atoms with E-state index in [4.69, 9.17) is 15.9 Å². The molecule has 0 aliphatic heterocycles. The number of carboxylic acid groups (broad SMARTS) is 1. The maximum Gasteiger partial charge on any atom is 0.334 e. The second-order valence-corrected chi connectivity index (χ2v) is 4.15. The summed E-state index contributed by atoms with van der Waals surface area (Å²) in [5, 5.41) is 21.7. The second kappa shape index (κ2) is 7.62. The van der Waals surface area contributed by atoms with Crippen molar-refractivity contribution in [2.24, 2.45) is 11.7 Å². The number of aliphatic hydroxyl groups is 1. The van der Waals surface area contributed by atoms with E-state index in [9.17, 15) is 14.4 Å². The van der Waals surface area contributed by atoms with Crippen LogP contribution in [0.25, 0.3) is 0 Å². The van der Waals surface area contributed by atoms with Gasteiger partial charge in [-0.2, -0.15) is 0 Å². The Morgan fingerprint density at radius 1 is 1.22 bits per heavy atom. The van der Waals surface area contributed by atoms with Gasteiger partial charge in [-0.3, -0.25) is 9.59 Å². The lowest BCUT2D eigenvalue weighted by Crippen LogP contribution is -2.48. The van der Waals surface area contributed by atoms with Gasteiger partial charge < -0.3 is 26.6 Å². The third kappa shape index (κ3) is 6.16. The average molecular weight is 261 g/mol. The van der Waals surface area contributed by atoms with Crippen molar-refractivity contribution in [3.8, 4) is 0 Å². The molecule has 0 aromatic heterocycles. The molecule has 0 fully saturated rings. The monoisotopic (exact) mass is 261 g/mol. The lowest BCUT2D eigenvalue weighted by Gasteiger charge is -2.15. The molecule has 0 saturated carbocycles. The number of hydrogen-bond donors (Lipinski definition) is 5. The highest BCUT2D eigenvalue weighted by Crippen LogP contribution is 1.97. The van der Waals surface area contributed by atoms with E-state index in [-0.39, 0.29) is 12.5 Å². The Kier molecular flexibility index (Phi) is 6.91. The number of aliphatic carboxylic acids is 1. The van der Waals surface area contributed by atoms with Gasteiger partial charge in [0, 0.05) is 0 Å². The molecule has 8 heteroatoms. The van der Waals surface area contributed by atoms with Crippen LogP contribution in [0.2, 0.25) is 0 Å². The fourth-order valence-corrected chi connectivity index (χ4v) is 0.948. The molecule has 2 amide bonds. The first-order valence-corrected chi connectivity index (χ1v) is 5.46. The van der Waals surface area contributed by atoms with E-state index < -0.39 is 36.5 Å². The fourth-order valence-electron chi connectivity index (χ4n) is 0.948. The van der Waals surface area contributed by atoms with E-state index in [1.807, 2.05) is 0 Å². The highest BCUT2D eigenvalue weighted by Gasteiger charge is 2.18. The fraction of sp³-hybridized carbons (Fsp3) is 0.700. The van der Waals surface area contributed by atoms with Crippen LogP contribution in [0.5, 0.6) is 0 Å². The third-order valence-electron chi connectivity index (χ3n) is 2.22. The minimum Gasteiger partial charge on any atom is -0.479 e. The third-order valence-corrected chi connectivity index (χ3v) is 2.22. The summed E-state index contributed by atoms with van der Waals surface area (Å²) in [6.45, 7) is 2.81. The van der Waals surface area contributed by atoms with Gasteiger partial charge in [0.25, 0.3) is 0 Å². The topological polar surface area (TPSA) is 142 Å². The Balaban J connectivity index is 3.91. The Labute approximate surface area is 105 Å². The van der Waals surface area contributed by atoms with E-state index in [0.29, 0.717) is 0 Å². The molecule has 0 heterocycles. The maximum atomic E-state index is 11.4. The quantitative estimate of drug-likeness (QED) is 0.347. The van der Waals surface area contributed by atoms with Gasteiger partial charge in [-0.1, -0.05) is 13.8 Å². The first-order chi connectivity index (χ1) is 8.25. The predicted octanol–water partition coefficient (Wildman–Crippen LogP) is -2.35. The highest BCUT2D eigenvalue weighted by atomic mass is 16.4. The van der Waals surface area contributed by atoms with Crippen molar-refractivity contribution < 1.29 is 24.6 Å². The number of aliphatic hydroxyl groups excluding tert-OH is 1. The van der Waals surface area contributed by atoms with Crippen molar-refractivity contribution in [3.63, 3.8) is 0 Å². The summed E-state index contributed by atoms with van der Waals surface area (Å²) in [5.41, 5.74) is 5.55. The molecule has 0 radical (unpaired) electrons. The summed E-state index contributed by atoms with van der Waals surface area (Å²) in [6.07, 6.45) is -1.66. The lowest BCUT2D eigenvalue weighted by molar-refractivity contribution is -0.146. The van der Waals surface area contributed by atoms with Crippen LogP contribution in [0.3, 0.4) is 0 Å². The van der Waals surface area contributed by atoms with Crippen LogP contribution in [0, 0.1) is 5.92 Å². The van der Waals surface area contributed by atoms with Crippen LogP contribution in [-0.4, -0.2) is 53.2 Å². The molecule has 0 aromatic carbocycles. The van der Waals surface area contributed by atoms with Gasteiger partial charge in [-0.25, -0.2) is 4.79 Å². The average Bonchev–Trinajstić information content (AvgIpc) is 2.31. The highest BCUT2D eigenvalue weighted by molar-refractivity contribution is 5.87. The number of hydrogen-bond acceptors (Lipinski definition) is 5. The lowest BCUT2D eigenvalue weighted by atomic mass is 10.1. The van der Waals surface area contributed by atoms with E-state index in [1.54, 1.807) is 13.8 Å². The number of rotatable bonds is 7. The number of nitrogens with one attached hydrogen (secondary N) is 2. The van der Waals surface area contributed by atoms with Crippen LogP contribution < -0.4 is 16.4 Å². The van der Waals surface area contributed by atoms with Crippen LogP contribution in [0.4, 0.5) is 0 Å². The molecular weight excluding hydrogens is 242 g/mol. The van der Waals surface area contributed by atoms with Gasteiger partial charge in [-0.05, 0) is 5.92 Å². The molecule has 0 aliphatic carbocycles. The molecule has 2 atom stereocenters. The molecule has 18 heavy (non-hydrogen) atoms. The van der Waals surface area contributed by atoms with Crippen molar-refractivity contribution in [2.45, 2.75) is 26.0 Å². The van der Waals surface area contributed by atoms with Crippen molar-refractivity contribution in [1.29, 1.82) is 0 Å². The van der Waals surface area contributed by atoms with Crippen LogP contribution in [0.15, 0.2) is 0 Å². The van der Waals surface area contributed by atoms with Gasteiger partial charge in [-0.15, -0.1) is 0 Å². The summed E-state index contributed by atoms with van der Waals surface area (Å²) in [5.74, 6) is -2.54. The number of amides is 2. The maximum absolute atomic E-state index is 11.4. The molecule has 0 aliphatic rings. The Morgan fingerprint density at radius 3 is 2.22 bits per heavy atom. The van der Waals surface area contributed by atoms with Crippen molar-refractivity contribution in [1.82, 2.24) is 10.6 Å². The van der Waals surface area contributed by atoms with E-state index in [0.717, 1.165) is 0 Å². The Hall–Kier alpha value is -1.67. The Morgan fingerprint density at radius 2 is 1.78 bits per heavy atom. The van der Waals surface area contributed by atoms with E-state index in [2.05, 4.69) is 10.6 Å². The first-order valence-electron chi connectivity index (χ1n) is 5.46. The number of carboxylic acids is 1. The minimum atomic E-state index is -1.66. The molecule has 0 saturated heterocycles. The first kappa shape index (κ1) is 16.3. The minimum absolute atomic E-state index is 0.0538. The standard InChI is InChI=1S/C10H19N3O5/c1-5(2)8(11)9(16)13-4-7(15)12-3-6(14)10(17)18/h5-6,8,14H,3-4,11H2,1-2H3,(H,12,15)(H,13,16)(H,17,18)/t6-,8-/m0/s1. The van der Waals surface area contributed by atoms with Gasteiger partial charge in [0.15, 0.2) is 6.10 Å².